The van der Waals surface area contributed by atoms with E-state index < -0.39 is 0 Å². The van der Waals surface area contributed by atoms with Crippen molar-refractivity contribution in [1.82, 2.24) is 5.32 Å². The van der Waals surface area contributed by atoms with Gasteiger partial charge >= 0.3 is 0 Å². The lowest BCUT2D eigenvalue weighted by Gasteiger charge is -2.16. The Morgan fingerprint density at radius 2 is 2.06 bits per heavy atom. The molecule has 0 aliphatic heterocycles. The Balaban J connectivity index is 1.78. The number of hydrogen-bond donors (Lipinski definition) is 1. The van der Waals surface area contributed by atoms with Crippen LogP contribution in [0.1, 0.15) is 65.7 Å². The Morgan fingerprint density at radius 3 is 2.75 bits per heavy atom. The molecule has 16 heavy (non-hydrogen) atoms. The topological polar surface area (TPSA) is 12.0 Å². The highest BCUT2D eigenvalue weighted by molar-refractivity contribution is 5.04. The summed E-state index contributed by atoms with van der Waals surface area (Å²) in [7, 11) is 0. The quantitative estimate of drug-likeness (QED) is 0.760. The Hall–Kier alpha value is -0.0400. The molecule has 0 radical (unpaired) electrons. The van der Waals surface area contributed by atoms with Gasteiger partial charge in [0.1, 0.15) is 0 Å². The third-order valence-corrected chi connectivity index (χ3v) is 5.05. The minimum atomic E-state index is 0.659. The summed E-state index contributed by atoms with van der Waals surface area (Å²) in [5.41, 5.74) is 0.784. The van der Waals surface area contributed by atoms with Gasteiger partial charge in [-0.05, 0) is 49.5 Å². The van der Waals surface area contributed by atoms with Crippen LogP contribution in [0.25, 0.3) is 0 Å². The Kier molecular flexibility index (Phi) is 3.94. The summed E-state index contributed by atoms with van der Waals surface area (Å²) in [6.07, 6.45) is 10.5. The van der Waals surface area contributed by atoms with E-state index in [9.17, 15) is 0 Å². The molecule has 0 saturated heterocycles. The first kappa shape index (κ1) is 12.4. The lowest BCUT2D eigenvalue weighted by molar-refractivity contribution is 0.367. The van der Waals surface area contributed by atoms with Crippen molar-refractivity contribution in [3.8, 4) is 0 Å². The van der Waals surface area contributed by atoms with Crippen LogP contribution < -0.4 is 5.32 Å². The van der Waals surface area contributed by atoms with Gasteiger partial charge in [-0.25, -0.2) is 0 Å². The zero-order valence-electron chi connectivity index (χ0n) is 11.4. The second-order valence-electron chi connectivity index (χ2n) is 6.53. The van der Waals surface area contributed by atoms with Gasteiger partial charge in [-0.15, -0.1) is 0 Å². The molecule has 2 saturated carbocycles. The van der Waals surface area contributed by atoms with Gasteiger partial charge in [0, 0.05) is 6.04 Å². The van der Waals surface area contributed by atoms with Gasteiger partial charge in [-0.2, -0.15) is 0 Å². The van der Waals surface area contributed by atoms with E-state index in [1.54, 1.807) is 0 Å². The van der Waals surface area contributed by atoms with Crippen LogP contribution >= 0.6 is 0 Å². The molecule has 94 valence electrons. The molecular formula is C15H29N. The van der Waals surface area contributed by atoms with Gasteiger partial charge in [0.25, 0.3) is 0 Å². The molecule has 2 aliphatic rings. The highest BCUT2D eigenvalue weighted by Gasteiger charge is 2.52. The van der Waals surface area contributed by atoms with Gasteiger partial charge in [-0.3, -0.25) is 0 Å². The van der Waals surface area contributed by atoms with E-state index in [-0.39, 0.29) is 0 Å². The molecule has 1 heteroatoms. The zero-order chi connectivity index (χ0) is 11.6. The summed E-state index contributed by atoms with van der Waals surface area (Å²) in [6.45, 7) is 8.16. The van der Waals surface area contributed by atoms with Crippen molar-refractivity contribution in [2.75, 3.05) is 6.54 Å². The number of rotatable bonds is 4. The van der Waals surface area contributed by atoms with Crippen molar-refractivity contribution in [1.29, 1.82) is 0 Å². The maximum Gasteiger partial charge on any atom is 0.00104 e. The van der Waals surface area contributed by atoms with E-state index in [1.165, 1.54) is 51.5 Å². The van der Waals surface area contributed by atoms with E-state index >= 15 is 0 Å². The van der Waals surface area contributed by atoms with Crippen molar-refractivity contribution in [3.05, 3.63) is 0 Å². The van der Waals surface area contributed by atoms with E-state index in [2.05, 4.69) is 26.1 Å². The summed E-state index contributed by atoms with van der Waals surface area (Å²) in [5, 5.41) is 3.62. The van der Waals surface area contributed by atoms with E-state index in [4.69, 9.17) is 0 Å². The molecule has 0 aromatic rings. The standard InChI is InChI=1S/C15H29N/c1-4-13-6-5-8-15(9-7-13)10-14(15)11-16-12(2)3/h12-14,16H,4-11H2,1-3H3. The highest BCUT2D eigenvalue weighted by atomic mass is 14.9. The van der Waals surface area contributed by atoms with E-state index in [0.29, 0.717) is 6.04 Å². The molecule has 0 heterocycles. The van der Waals surface area contributed by atoms with E-state index in [0.717, 1.165) is 17.3 Å². The average Bonchev–Trinajstić information content (AvgIpc) is 2.99. The largest absolute Gasteiger partial charge is 0.314 e. The van der Waals surface area contributed by atoms with Crippen LogP contribution in [0.3, 0.4) is 0 Å². The molecule has 0 aromatic carbocycles. The lowest BCUT2D eigenvalue weighted by atomic mass is 9.92. The van der Waals surface area contributed by atoms with Crippen molar-refractivity contribution in [2.24, 2.45) is 17.3 Å². The average molecular weight is 223 g/mol. The van der Waals surface area contributed by atoms with Crippen molar-refractivity contribution in [3.63, 3.8) is 0 Å². The molecule has 0 amide bonds. The maximum absolute atomic E-state index is 3.62. The van der Waals surface area contributed by atoms with Gasteiger partial charge in [-0.1, -0.05) is 40.0 Å². The van der Waals surface area contributed by atoms with E-state index in [1.807, 2.05) is 0 Å². The Bertz CT molecular complexity index is 223. The monoisotopic (exact) mass is 223 g/mol. The molecule has 0 aromatic heterocycles. The van der Waals surface area contributed by atoms with Crippen molar-refractivity contribution >= 4 is 0 Å². The lowest BCUT2D eigenvalue weighted by Crippen LogP contribution is -2.26. The summed E-state index contributed by atoms with van der Waals surface area (Å²) in [5.74, 6) is 2.05. The fraction of sp³-hybridized carbons (Fsp3) is 1.00. The van der Waals surface area contributed by atoms with Gasteiger partial charge in [0.05, 0.1) is 0 Å². The SMILES string of the molecule is CCC1CCCC2(CC1)CC2CNC(C)C. The molecule has 1 spiro atoms. The highest BCUT2D eigenvalue weighted by Crippen LogP contribution is 2.60. The van der Waals surface area contributed by atoms with Gasteiger partial charge in [0.2, 0.25) is 0 Å². The van der Waals surface area contributed by atoms with Crippen LogP contribution in [0.2, 0.25) is 0 Å². The van der Waals surface area contributed by atoms with Crippen LogP contribution in [-0.2, 0) is 0 Å². The van der Waals surface area contributed by atoms with Gasteiger partial charge in [0.15, 0.2) is 0 Å². The molecule has 2 fully saturated rings. The Morgan fingerprint density at radius 1 is 1.25 bits per heavy atom. The van der Waals surface area contributed by atoms with Crippen LogP contribution in [0.4, 0.5) is 0 Å². The molecule has 1 nitrogen and oxygen atoms in total. The predicted molar refractivity (Wildman–Crippen MR) is 70.5 cm³/mol. The predicted octanol–water partition coefficient (Wildman–Crippen LogP) is 3.98. The third-order valence-electron chi connectivity index (χ3n) is 5.05. The first-order valence-corrected chi connectivity index (χ1v) is 7.39. The van der Waals surface area contributed by atoms with Crippen molar-refractivity contribution in [2.45, 2.75) is 71.8 Å². The summed E-state index contributed by atoms with van der Waals surface area (Å²) in [6, 6.07) is 0.659. The number of nitrogens with one attached hydrogen (secondary N) is 1. The molecule has 2 rings (SSSR count). The smallest absolute Gasteiger partial charge is 0.00104 e. The molecule has 2 aliphatic carbocycles. The summed E-state index contributed by atoms with van der Waals surface area (Å²) < 4.78 is 0. The van der Waals surface area contributed by atoms with Crippen LogP contribution in [0, 0.1) is 17.3 Å². The molecular weight excluding hydrogens is 194 g/mol. The maximum atomic E-state index is 3.62. The second-order valence-corrected chi connectivity index (χ2v) is 6.53. The first-order chi connectivity index (χ1) is 7.66. The summed E-state index contributed by atoms with van der Waals surface area (Å²) in [4.78, 5) is 0. The van der Waals surface area contributed by atoms with Crippen LogP contribution in [0.15, 0.2) is 0 Å². The minimum absolute atomic E-state index is 0.659. The van der Waals surface area contributed by atoms with Crippen LogP contribution in [0.5, 0.6) is 0 Å². The second kappa shape index (κ2) is 5.08. The summed E-state index contributed by atoms with van der Waals surface area (Å²) >= 11 is 0. The number of hydrogen-bond acceptors (Lipinski definition) is 1. The van der Waals surface area contributed by atoms with Crippen LogP contribution in [-0.4, -0.2) is 12.6 Å². The normalized spacial score (nSPS) is 39.0. The molecule has 0 bridgehead atoms. The fourth-order valence-electron chi connectivity index (χ4n) is 3.62. The first-order valence-electron chi connectivity index (χ1n) is 7.39. The van der Waals surface area contributed by atoms with Gasteiger partial charge < -0.3 is 5.32 Å². The van der Waals surface area contributed by atoms with Crippen molar-refractivity contribution < 1.29 is 0 Å². The third kappa shape index (κ3) is 2.80. The minimum Gasteiger partial charge on any atom is -0.314 e. The fourth-order valence-corrected chi connectivity index (χ4v) is 3.62. The molecule has 1 N–H and O–H groups in total. The Labute approximate surface area is 101 Å². The molecule has 3 atom stereocenters. The molecule has 3 unspecified atom stereocenters. The zero-order valence-corrected chi connectivity index (χ0v) is 11.4.